The Hall–Kier alpha value is -1.73. The van der Waals surface area contributed by atoms with Crippen molar-refractivity contribution in [3.8, 4) is 0 Å². The first-order valence-electron chi connectivity index (χ1n) is 8.27. The van der Waals surface area contributed by atoms with E-state index >= 15 is 0 Å². The Balaban J connectivity index is 1.88. The number of carbonyl (C=O) groups excluding carboxylic acids is 1. The molecule has 1 fully saturated rings. The highest BCUT2D eigenvalue weighted by Gasteiger charge is 2.22. The van der Waals surface area contributed by atoms with Gasteiger partial charge in [-0.1, -0.05) is 13.8 Å². The molecule has 0 bridgehead atoms. The molecule has 134 valence electrons. The van der Waals surface area contributed by atoms with E-state index in [0.29, 0.717) is 25.7 Å². The molecule has 0 saturated carbocycles. The van der Waals surface area contributed by atoms with E-state index in [1.54, 1.807) is 0 Å². The molecule has 0 spiro atoms. The van der Waals surface area contributed by atoms with Gasteiger partial charge in [0.2, 0.25) is 0 Å². The molecule has 5 nitrogen and oxygen atoms in total. The van der Waals surface area contributed by atoms with Crippen LogP contribution in [0.5, 0.6) is 0 Å². The Kier molecular flexibility index (Phi) is 6.93. The number of rotatable bonds is 6. The van der Waals surface area contributed by atoms with Crippen LogP contribution in [-0.2, 0) is 4.74 Å². The Morgan fingerprint density at radius 2 is 2.00 bits per heavy atom. The number of ether oxygens (including phenoxy) is 1. The first kappa shape index (κ1) is 18.6. The summed E-state index contributed by atoms with van der Waals surface area (Å²) in [7, 11) is 0. The number of morpholine rings is 1. The van der Waals surface area contributed by atoms with Crippen LogP contribution in [0.1, 0.15) is 20.3 Å². The van der Waals surface area contributed by atoms with E-state index in [2.05, 4.69) is 29.4 Å². The average molecular weight is 341 g/mol. The molecule has 1 aliphatic rings. The third-order valence-corrected chi connectivity index (χ3v) is 3.98. The van der Waals surface area contributed by atoms with Crippen molar-refractivity contribution in [1.82, 2.24) is 10.2 Å². The molecule has 1 aromatic carbocycles. The summed E-state index contributed by atoms with van der Waals surface area (Å²) in [6.07, 6.45) is 0.950. The van der Waals surface area contributed by atoms with E-state index in [-0.39, 0.29) is 11.7 Å². The van der Waals surface area contributed by atoms with Crippen LogP contribution in [-0.4, -0.2) is 49.8 Å². The van der Waals surface area contributed by atoms with Gasteiger partial charge < -0.3 is 15.4 Å². The number of hydrogen-bond acceptors (Lipinski definition) is 3. The molecule has 0 aromatic heterocycles. The summed E-state index contributed by atoms with van der Waals surface area (Å²) >= 11 is 0. The topological polar surface area (TPSA) is 53.6 Å². The summed E-state index contributed by atoms with van der Waals surface area (Å²) in [6, 6.07) is 2.76. The minimum atomic E-state index is -0.794. The molecule has 1 heterocycles. The van der Waals surface area contributed by atoms with Gasteiger partial charge in [-0.3, -0.25) is 4.90 Å². The van der Waals surface area contributed by atoms with Crippen molar-refractivity contribution in [1.29, 1.82) is 0 Å². The highest BCUT2D eigenvalue weighted by atomic mass is 19.1. The van der Waals surface area contributed by atoms with Crippen molar-refractivity contribution in [2.45, 2.75) is 26.3 Å². The third kappa shape index (κ3) is 5.72. The van der Waals surface area contributed by atoms with Crippen molar-refractivity contribution in [3.05, 3.63) is 29.8 Å². The van der Waals surface area contributed by atoms with Gasteiger partial charge >= 0.3 is 6.03 Å². The van der Waals surface area contributed by atoms with Gasteiger partial charge in [0, 0.05) is 31.7 Å². The zero-order valence-electron chi connectivity index (χ0n) is 14.1. The van der Waals surface area contributed by atoms with E-state index < -0.39 is 17.7 Å². The number of anilines is 1. The summed E-state index contributed by atoms with van der Waals surface area (Å²) in [4.78, 5) is 14.3. The Labute approximate surface area is 141 Å². The van der Waals surface area contributed by atoms with Crippen LogP contribution in [0.3, 0.4) is 0 Å². The second kappa shape index (κ2) is 8.94. The predicted molar refractivity (Wildman–Crippen MR) is 89.0 cm³/mol. The van der Waals surface area contributed by atoms with Gasteiger partial charge in [-0.15, -0.1) is 0 Å². The third-order valence-electron chi connectivity index (χ3n) is 3.98. The first-order chi connectivity index (χ1) is 11.5. The number of nitrogens with zero attached hydrogens (tertiary/aromatic N) is 1. The molecule has 1 saturated heterocycles. The summed E-state index contributed by atoms with van der Waals surface area (Å²) in [6.45, 7) is 7.82. The molecular weight excluding hydrogens is 316 g/mol. The SMILES string of the molecule is CC(C)CC(CNC(=O)Nc1ccc(F)cc1F)N1CCOCC1. The van der Waals surface area contributed by atoms with E-state index in [9.17, 15) is 13.6 Å². The lowest BCUT2D eigenvalue weighted by molar-refractivity contribution is 0.0130. The lowest BCUT2D eigenvalue weighted by atomic mass is 10.0. The zero-order valence-corrected chi connectivity index (χ0v) is 14.1. The van der Waals surface area contributed by atoms with Gasteiger partial charge in [0.25, 0.3) is 0 Å². The van der Waals surface area contributed by atoms with Crippen LogP contribution in [0.2, 0.25) is 0 Å². The van der Waals surface area contributed by atoms with E-state index in [0.717, 1.165) is 31.6 Å². The molecule has 1 aromatic rings. The van der Waals surface area contributed by atoms with Crippen LogP contribution in [0.25, 0.3) is 0 Å². The minimum Gasteiger partial charge on any atom is -0.379 e. The fourth-order valence-electron chi connectivity index (χ4n) is 2.82. The fraction of sp³-hybridized carbons (Fsp3) is 0.588. The molecule has 2 amide bonds. The molecule has 1 atom stereocenters. The summed E-state index contributed by atoms with van der Waals surface area (Å²) in [5, 5.41) is 5.20. The van der Waals surface area contributed by atoms with E-state index in [4.69, 9.17) is 4.74 Å². The zero-order chi connectivity index (χ0) is 17.5. The van der Waals surface area contributed by atoms with Crippen LogP contribution >= 0.6 is 0 Å². The van der Waals surface area contributed by atoms with Gasteiger partial charge in [0.15, 0.2) is 0 Å². The Bertz CT molecular complexity index is 549. The first-order valence-corrected chi connectivity index (χ1v) is 8.27. The molecule has 1 aliphatic heterocycles. The molecule has 0 aliphatic carbocycles. The van der Waals surface area contributed by atoms with Crippen LogP contribution in [0.4, 0.5) is 19.3 Å². The Morgan fingerprint density at radius 1 is 1.29 bits per heavy atom. The maximum atomic E-state index is 13.6. The number of amides is 2. The van der Waals surface area contributed by atoms with Crippen molar-refractivity contribution < 1.29 is 18.3 Å². The van der Waals surface area contributed by atoms with Gasteiger partial charge in [0.1, 0.15) is 11.6 Å². The molecule has 24 heavy (non-hydrogen) atoms. The second-order valence-electron chi connectivity index (χ2n) is 6.39. The Morgan fingerprint density at radius 3 is 2.62 bits per heavy atom. The summed E-state index contributed by atoms with van der Waals surface area (Å²) in [5.41, 5.74) is -0.0410. The largest absolute Gasteiger partial charge is 0.379 e. The lowest BCUT2D eigenvalue weighted by Gasteiger charge is -2.35. The lowest BCUT2D eigenvalue weighted by Crippen LogP contribution is -2.49. The fourth-order valence-corrected chi connectivity index (χ4v) is 2.82. The number of nitrogens with one attached hydrogen (secondary N) is 2. The monoisotopic (exact) mass is 341 g/mol. The maximum absolute atomic E-state index is 13.6. The van der Waals surface area contributed by atoms with E-state index in [1.165, 1.54) is 6.07 Å². The predicted octanol–water partition coefficient (Wildman–Crippen LogP) is 2.83. The standard InChI is InChI=1S/C17H25F2N3O2/c1-12(2)9-14(22-5-7-24-8-6-22)11-20-17(23)21-16-4-3-13(18)10-15(16)19/h3-4,10,12,14H,5-9,11H2,1-2H3,(H2,20,21,23). The number of urea groups is 1. The second-order valence-corrected chi connectivity index (χ2v) is 6.39. The van der Waals surface area contributed by atoms with Crippen molar-refractivity contribution in [3.63, 3.8) is 0 Å². The van der Waals surface area contributed by atoms with Crippen molar-refractivity contribution in [2.75, 3.05) is 38.2 Å². The number of benzene rings is 1. The average Bonchev–Trinajstić information content (AvgIpc) is 2.54. The summed E-state index contributed by atoms with van der Waals surface area (Å²) < 4.78 is 31.8. The molecule has 7 heteroatoms. The molecule has 0 radical (unpaired) electrons. The molecule has 1 unspecified atom stereocenters. The molecule has 2 N–H and O–H groups in total. The summed E-state index contributed by atoms with van der Waals surface area (Å²) in [5.74, 6) is -0.975. The normalized spacial score (nSPS) is 16.9. The number of carbonyl (C=O) groups is 1. The maximum Gasteiger partial charge on any atom is 0.319 e. The smallest absolute Gasteiger partial charge is 0.319 e. The van der Waals surface area contributed by atoms with Crippen molar-refractivity contribution in [2.24, 2.45) is 5.92 Å². The highest BCUT2D eigenvalue weighted by Crippen LogP contribution is 2.15. The molecular formula is C17H25F2N3O2. The van der Waals surface area contributed by atoms with Gasteiger partial charge in [-0.25, -0.2) is 13.6 Å². The molecule has 2 rings (SSSR count). The number of halogens is 2. The van der Waals surface area contributed by atoms with Gasteiger partial charge in [-0.2, -0.15) is 0 Å². The quantitative estimate of drug-likeness (QED) is 0.837. The minimum absolute atomic E-state index is 0.0410. The van der Waals surface area contributed by atoms with Crippen LogP contribution < -0.4 is 10.6 Å². The van der Waals surface area contributed by atoms with E-state index in [1.807, 2.05) is 0 Å². The van der Waals surface area contributed by atoms with Crippen molar-refractivity contribution >= 4 is 11.7 Å². The van der Waals surface area contributed by atoms with Gasteiger partial charge in [-0.05, 0) is 24.5 Å². The number of hydrogen-bond donors (Lipinski definition) is 2. The highest BCUT2D eigenvalue weighted by molar-refractivity contribution is 5.89. The van der Waals surface area contributed by atoms with Crippen LogP contribution in [0.15, 0.2) is 18.2 Å². The van der Waals surface area contributed by atoms with Gasteiger partial charge in [0.05, 0.1) is 18.9 Å². The van der Waals surface area contributed by atoms with Crippen LogP contribution in [0, 0.1) is 17.6 Å².